The first-order chi connectivity index (χ1) is 10.1. The predicted octanol–water partition coefficient (Wildman–Crippen LogP) is 4.04. The van der Waals surface area contributed by atoms with Crippen LogP contribution in [0.2, 0.25) is 0 Å². The summed E-state index contributed by atoms with van der Waals surface area (Å²) >= 11 is 3.59. The number of likely N-dealkylation sites (N-methyl/N-ethyl adjacent to an activating group) is 1. The van der Waals surface area contributed by atoms with Gasteiger partial charge in [-0.25, -0.2) is 0 Å². The van der Waals surface area contributed by atoms with E-state index < -0.39 is 0 Å². The van der Waals surface area contributed by atoms with Gasteiger partial charge in [0.15, 0.2) is 0 Å². The van der Waals surface area contributed by atoms with Crippen LogP contribution in [0.5, 0.6) is 0 Å². The molecule has 114 valence electrons. The van der Waals surface area contributed by atoms with E-state index in [0.717, 1.165) is 23.9 Å². The maximum Gasteiger partial charge on any atom is 0.0624 e. The number of nitrogens with zero attached hydrogens (tertiary/aromatic N) is 2. The first-order valence-corrected chi connectivity index (χ1v) is 8.36. The van der Waals surface area contributed by atoms with Crippen LogP contribution in [0, 0.1) is 6.92 Å². The fraction of sp³-hybridized carbons (Fsp3) is 0.471. The summed E-state index contributed by atoms with van der Waals surface area (Å²) in [5, 5.41) is 8.08. The summed E-state index contributed by atoms with van der Waals surface area (Å²) in [4.78, 5) is 0. The third-order valence-electron chi connectivity index (χ3n) is 3.80. The van der Waals surface area contributed by atoms with E-state index in [1.165, 1.54) is 22.5 Å². The highest BCUT2D eigenvalue weighted by Crippen LogP contribution is 2.24. The van der Waals surface area contributed by atoms with Gasteiger partial charge in [0.05, 0.1) is 5.69 Å². The predicted molar refractivity (Wildman–Crippen MR) is 91.7 cm³/mol. The fourth-order valence-corrected chi connectivity index (χ4v) is 3.31. The highest BCUT2D eigenvalue weighted by Gasteiger charge is 2.15. The molecule has 0 fully saturated rings. The van der Waals surface area contributed by atoms with E-state index in [-0.39, 0.29) is 0 Å². The van der Waals surface area contributed by atoms with E-state index in [1.54, 1.807) is 0 Å². The summed E-state index contributed by atoms with van der Waals surface area (Å²) in [5.41, 5.74) is 5.06. The van der Waals surface area contributed by atoms with Gasteiger partial charge in [-0.15, -0.1) is 0 Å². The van der Waals surface area contributed by atoms with Gasteiger partial charge in [0.2, 0.25) is 0 Å². The van der Waals surface area contributed by atoms with Crippen molar-refractivity contribution in [3.05, 3.63) is 51.3 Å². The molecule has 1 aromatic carbocycles. The van der Waals surface area contributed by atoms with Gasteiger partial charge in [-0.05, 0) is 56.6 Å². The maximum absolute atomic E-state index is 4.64. The van der Waals surface area contributed by atoms with E-state index in [9.17, 15) is 0 Å². The van der Waals surface area contributed by atoms with Crippen LogP contribution < -0.4 is 5.32 Å². The lowest BCUT2D eigenvalue weighted by Gasteiger charge is -2.18. The number of nitrogens with one attached hydrogen (secondary N) is 1. The Hall–Kier alpha value is -1.13. The van der Waals surface area contributed by atoms with Crippen molar-refractivity contribution < 1.29 is 0 Å². The van der Waals surface area contributed by atoms with Crippen LogP contribution in [-0.4, -0.2) is 16.8 Å². The highest BCUT2D eigenvalue weighted by molar-refractivity contribution is 9.10. The van der Waals surface area contributed by atoms with Crippen LogP contribution in [0.1, 0.15) is 42.4 Å². The summed E-state index contributed by atoms with van der Waals surface area (Å²) in [7, 11) is 2.02. The van der Waals surface area contributed by atoms with Crippen molar-refractivity contribution in [2.45, 2.75) is 46.2 Å². The average Bonchev–Trinajstić information content (AvgIpc) is 2.85. The molecule has 1 atom stereocenters. The van der Waals surface area contributed by atoms with E-state index in [2.05, 4.69) is 76.1 Å². The van der Waals surface area contributed by atoms with Crippen molar-refractivity contribution in [3.63, 3.8) is 0 Å². The van der Waals surface area contributed by atoms with Crippen molar-refractivity contribution >= 4 is 15.9 Å². The van der Waals surface area contributed by atoms with Crippen LogP contribution in [0.4, 0.5) is 0 Å². The lowest BCUT2D eigenvalue weighted by Crippen LogP contribution is -2.20. The molecule has 0 spiro atoms. The van der Waals surface area contributed by atoms with Crippen LogP contribution in [0.3, 0.4) is 0 Å². The Balaban J connectivity index is 2.28. The van der Waals surface area contributed by atoms with Gasteiger partial charge in [0, 0.05) is 29.2 Å². The number of halogens is 1. The number of aryl methyl sites for hydroxylation is 3. The maximum atomic E-state index is 4.64. The molecule has 0 aliphatic heterocycles. The molecule has 1 aromatic heterocycles. The third-order valence-corrected chi connectivity index (χ3v) is 4.26. The lowest BCUT2D eigenvalue weighted by molar-refractivity contribution is 0.540. The van der Waals surface area contributed by atoms with Crippen molar-refractivity contribution in [1.29, 1.82) is 0 Å². The first kappa shape index (κ1) is 16.2. The van der Waals surface area contributed by atoms with Crippen molar-refractivity contribution in [3.8, 4) is 0 Å². The number of benzene rings is 1. The Morgan fingerprint density at radius 1 is 1.24 bits per heavy atom. The Kier molecular flexibility index (Phi) is 5.59. The Morgan fingerprint density at radius 3 is 2.57 bits per heavy atom. The van der Waals surface area contributed by atoms with E-state index in [1.807, 2.05) is 7.05 Å². The van der Waals surface area contributed by atoms with Crippen LogP contribution in [-0.2, 0) is 19.4 Å². The van der Waals surface area contributed by atoms with E-state index in [4.69, 9.17) is 0 Å². The van der Waals surface area contributed by atoms with Gasteiger partial charge in [-0.2, -0.15) is 5.10 Å². The molecule has 3 nitrogen and oxygen atoms in total. The molecule has 0 aliphatic rings. The fourth-order valence-electron chi connectivity index (χ4n) is 2.69. The second-order valence-electron chi connectivity index (χ2n) is 5.40. The number of hydrogen-bond acceptors (Lipinski definition) is 2. The topological polar surface area (TPSA) is 29.9 Å². The summed E-state index contributed by atoms with van der Waals surface area (Å²) in [6.07, 6.45) is 1.94. The molecule has 1 unspecified atom stereocenters. The Bertz CT molecular complexity index is 584. The minimum Gasteiger partial charge on any atom is -0.313 e. The Labute approximate surface area is 135 Å². The standard InChI is InChI=1S/C17H24BrN3/c1-5-15-10-16(21(6-2)20-15)11-17(19-4)13-7-12(3)8-14(18)9-13/h7-10,17,19H,5-6,11H2,1-4H3. The molecule has 2 aromatic rings. The molecule has 0 saturated heterocycles. The first-order valence-electron chi connectivity index (χ1n) is 7.57. The number of aromatic nitrogens is 2. The molecule has 0 radical (unpaired) electrons. The zero-order valence-electron chi connectivity index (χ0n) is 13.3. The van der Waals surface area contributed by atoms with Gasteiger partial charge in [0.25, 0.3) is 0 Å². The molecule has 0 bridgehead atoms. The minimum atomic E-state index is 0.299. The number of hydrogen-bond donors (Lipinski definition) is 1. The molecule has 1 heterocycles. The summed E-state index contributed by atoms with van der Waals surface area (Å²) in [6.45, 7) is 7.35. The minimum absolute atomic E-state index is 0.299. The third kappa shape index (κ3) is 3.95. The molecule has 0 saturated carbocycles. The smallest absolute Gasteiger partial charge is 0.0624 e. The normalized spacial score (nSPS) is 12.6. The zero-order chi connectivity index (χ0) is 15.4. The van der Waals surface area contributed by atoms with Crippen molar-refractivity contribution in [1.82, 2.24) is 15.1 Å². The summed E-state index contributed by atoms with van der Waals surface area (Å²) in [6, 6.07) is 9.12. The average molecular weight is 350 g/mol. The SMILES string of the molecule is CCc1cc(CC(NC)c2cc(C)cc(Br)c2)n(CC)n1. The van der Waals surface area contributed by atoms with Gasteiger partial charge in [-0.3, -0.25) is 4.68 Å². The van der Waals surface area contributed by atoms with E-state index in [0.29, 0.717) is 6.04 Å². The summed E-state index contributed by atoms with van der Waals surface area (Å²) < 4.78 is 3.25. The molecule has 0 aliphatic carbocycles. The van der Waals surface area contributed by atoms with Crippen LogP contribution >= 0.6 is 15.9 Å². The molecular formula is C17H24BrN3. The van der Waals surface area contributed by atoms with Gasteiger partial charge >= 0.3 is 0 Å². The highest BCUT2D eigenvalue weighted by atomic mass is 79.9. The van der Waals surface area contributed by atoms with Gasteiger partial charge in [-0.1, -0.05) is 28.9 Å². The quantitative estimate of drug-likeness (QED) is 0.852. The largest absolute Gasteiger partial charge is 0.313 e. The zero-order valence-corrected chi connectivity index (χ0v) is 14.9. The monoisotopic (exact) mass is 349 g/mol. The molecule has 4 heteroatoms. The second-order valence-corrected chi connectivity index (χ2v) is 6.32. The molecule has 1 N–H and O–H groups in total. The molecular weight excluding hydrogens is 326 g/mol. The molecule has 21 heavy (non-hydrogen) atoms. The van der Waals surface area contributed by atoms with E-state index >= 15 is 0 Å². The second kappa shape index (κ2) is 7.23. The summed E-state index contributed by atoms with van der Waals surface area (Å²) in [5.74, 6) is 0. The molecule has 2 rings (SSSR count). The van der Waals surface area contributed by atoms with Gasteiger partial charge in [0.1, 0.15) is 0 Å². The Morgan fingerprint density at radius 2 is 2.00 bits per heavy atom. The lowest BCUT2D eigenvalue weighted by atomic mass is 10.00. The number of rotatable bonds is 6. The van der Waals surface area contributed by atoms with Gasteiger partial charge < -0.3 is 5.32 Å². The molecule has 0 amide bonds. The van der Waals surface area contributed by atoms with Crippen molar-refractivity contribution in [2.24, 2.45) is 0 Å². The van der Waals surface area contributed by atoms with Crippen molar-refractivity contribution in [2.75, 3.05) is 7.05 Å². The van der Waals surface area contributed by atoms with Crippen LogP contribution in [0.15, 0.2) is 28.7 Å². The van der Waals surface area contributed by atoms with Crippen LogP contribution in [0.25, 0.3) is 0 Å².